The van der Waals surface area contributed by atoms with E-state index in [0.717, 1.165) is 0 Å². The van der Waals surface area contributed by atoms with Crippen molar-refractivity contribution in [1.82, 2.24) is 5.32 Å². The molecule has 2 N–H and O–H groups in total. The molecule has 3 rings (SSSR count). The zero-order chi connectivity index (χ0) is 24.3. The first-order valence-corrected chi connectivity index (χ1v) is 11.4. The number of para-hydroxylation sites is 1. The molecule has 0 spiro atoms. The zero-order valence-corrected chi connectivity index (χ0v) is 20.5. The van der Waals surface area contributed by atoms with Gasteiger partial charge >= 0.3 is 0 Å². The van der Waals surface area contributed by atoms with E-state index in [0.29, 0.717) is 38.7 Å². The number of halogens is 1. The van der Waals surface area contributed by atoms with Gasteiger partial charge in [-0.05, 0) is 77.6 Å². The van der Waals surface area contributed by atoms with E-state index in [1.165, 1.54) is 12.3 Å². The average Bonchev–Trinajstić information content (AvgIpc) is 3.35. The Hall–Kier alpha value is -3.78. The van der Waals surface area contributed by atoms with Crippen LogP contribution in [-0.4, -0.2) is 25.0 Å². The van der Waals surface area contributed by atoms with Crippen LogP contribution >= 0.6 is 22.6 Å². The zero-order valence-electron chi connectivity index (χ0n) is 18.3. The molecular weight excluding hydrogens is 549 g/mol. The van der Waals surface area contributed by atoms with Crippen LogP contribution in [0, 0.1) is 14.9 Å². The van der Waals surface area contributed by atoms with Crippen LogP contribution in [0.1, 0.15) is 18.2 Å². The lowest BCUT2D eigenvalue weighted by Crippen LogP contribution is -2.23. The van der Waals surface area contributed by atoms with Gasteiger partial charge < -0.3 is 24.5 Å². The molecule has 0 aliphatic rings. The molecule has 0 unspecified atom stereocenters. The Morgan fingerprint density at radius 3 is 2.62 bits per heavy atom. The summed E-state index contributed by atoms with van der Waals surface area (Å²) in [5.74, 6) is 0.555. The number of hydrogen-bond acceptors (Lipinski definition) is 6. The van der Waals surface area contributed by atoms with Crippen molar-refractivity contribution < 1.29 is 23.5 Å². The normalized spacial score (nSPS) is 10.8. The third-order valence-corrected chi connectivity index (χ3v) is 5.22. The summed E-state index contributed by atoms with van der Waals surface area (Å²) in [6.45, 7) is 2.15. The number of amides is 2. The molecule has 0 saturated heterocycles. The Balaban J connectivity index is 1.73. The number of hydrogen-bond donors (Lipinski definition) is 2. The summed E-state index contributed by atoms with van der Waals surface area (Å²) < 4.78 is 17.3. The topological polar surface area (TPSA) is 114 Å². The number of rotatable bonds is 10. The van der Waals surface area contributed by atoms with Gasteiger partial charge in [0, 0.05) is 5.69 Å². The number of carbonyl (C=O) groups is 2. The van der Waals surface area contributed by atoms with Crippen molar-refractivity contribution in [1.29, 1.82) is 5.26 Å². The molecule has 3 aromatic rings. The molecule has 9 heteroatoms. The van der Waals surface area contributed by atoms with Gasteiger partial charge in [0.1, 0.15) is 17.4 Å². The molecule has 2 aromatic carbocycles. The molecule has 34 heavy (non-hydrogen) atoms. The highest BCUT2D eigenvalue weighted by atomic mass is 127. The van der Waals surface area contributed by atoms with Gasteiger partial charge in [0.15, 0.2) is 18.1 Å². The minimum Gasteiger partial charge on any atom is -0.490 e. The number of ether oxygens (including phenoxy) is 2. The Bertz CT molecular complexity index is 1200. The van der Waals surface area contributed by atoms with Gasteiger partial charge in [0.2, 0.25) is 0 Å². The minimum absolute atomic E-state index is 0.0688. The maximum absolute atomic E-state index is 12.4. The quantitative estimate of drug-likeness (QED) is 0.210. The Morgan fingerprint density at radius 1 is 1.15 bits per heavy atom. The van der Waals surface area contributed by atoms with Crippen molar-refractivity contribution in [2.45, 2.75) is 13.5 Å². The molecule has 0 fully saturated rings. The maximum Gasteiger partial charge on any atom is 0.262 e. The van der Waals surface area contributed by atoms with Crippen molar-refractivity contribution >= 4 is 46.2 Å². The fraction of sp³-hybridized carbons (Fsp3) is 0.160. The van der Waals surface area contributed by atoms with Crippen molar-refractivity contribution in [2.75, 3.05) is 18.5 Å². The predicted molar refractivity (Wildman–Crippen MR) is 135 cm³/mol. The maximum atomic E-state index is 12.4. The van der Waals surface area contributed by atoms with Crippen molar-refractivity contribution in [2.24, 2.45) is 0 Å². The SMILES string of the molecule is CCOc1cc(C=C(C#N)C(=O)NCc2ccco2)cc(I)c1OCC(=O)Nc1ccccc1. The second-order valence-corrected chi connectivity index (χ2v) is 8.06. The van der Waals surface area contributed by atoms with E-state index >= 15 is 0 Å². The lowest BCUT2D eigenvalue weighted by Gasteiger charge is -2.15. The highest BCUT2D eigenvalue weighted by molar-refractivity contribution is 14.1. The number of nitrogens with zero attached hydrogens (tertiary/aromatic N) is 1. The van der Waals surface area contributed by atoms with Crippen molar-refractivity contribution in [3.63, 3.8) is 0 Å². The van der Waals surface area contributed by atoms with E-state index in [1.54, 1.807) is 36.4 Å². The molecule has 1 heterocycles. The van der Waals surface area contributed by atoms with Gasteiger partial charge in [0.05, 0.1) is 23.0 Å². The number of carbonyl (C=O) groups excluding carboxylic acids is 2. The average molecular weight is 571 g/mol. The van der Waals surface area contributed by atoms with Crippen LogP contribution in [0.2, 0.25) is 0 Å². The molecular formula is C25H22IN3O5. The summed E-state index contributed by atoms with van der Waals surface area (Å²) >= 11 is 2.06. The molecule has 0 aliphatic heterocycles. The predicted octanol–water partition coefficient (Wildman–Crippen LogP) is 4.52. The molecule has 174 valence electrons. The van der Waals surface area contributed by atoms with Gasteiger partial charge in [-0.25, -0.2) is 0 Å². The smallest absolute Gasteiger partial charge is 0.262 e. The Morgan fingerprint density at radius 2 is 1.94 bits per heavy atom. The van der Waals surface area contributed by atoms with E-state index in [2.05, 4.69) is 33.2 Å². The largest absolute Gasteiger partial charge is 0.490 e. The number of benzene rings is 2. The van der Waals surface area contributed by atoms with Gasteiger partial charge in [0.25, 0.3) is 11.8 Å². The Labute approximate surface area is 210 Å². The molecule has 8 nitrogen and oxygen atoms in total. The summed E-state index contributed by atoms with van der Waals surface area (Å²) in [6.07, 6.45) is 2.97. The van der Waals surface area contributed by atoms with E-state index in [-0.39, 0.29) is 24.6 Å². The first-order valence-electron chi connectivity index (χ1n) is 10.4. The number of furan rings is 1. The van der Waals surface area contributed by atoms with Gasteiger partial charge in [-0.15, -0.1) is 0 Å². The number of anilines is 1. The van der Waals surface area contributed by atoms with E-state index in [4.69, 9.17) is 13.9 Å². The highest BCUT2D eigenvalue weighted by Gasteiger charge is 2.16. The first kappa shape index (κ1) is 24.9. The summed E-state index contributed by atoms with van der Waals surface area (Å²) in [5.41, 5.74) is 1.19. The van der Waals surface area contributed by atoms with Crippen LogP contribution < -0.4 is 20.1 Å². The molecule has 0 bridgehead atoms. The van der Waals surface area contributed by atoms with Crippen molar-refractivity contribution in [3.05, 3.63) is 81.3 Å². The molecule has 0 radical (unpaired) electrons. The van der Waals surface area contributed by atoms with Crippen molar-refractivity contribution in [3.8, 4) is 17.6 Å². The second kappa shape index (κ2) is 12.5. The summed E-state index contributed by atoms with van der Waals surface area (Å²) in [5, 5.41) is 14.9. The monoisotopic (exact) mass is 571 g/mol. The third kappa shape index (κ3) is 7.11. The summed E-state index contributed by atoms with van der Waals surface area (Å²) in [6, 6.07) is 17.8. The second-order valence-electron chi connectivity index (χ2n) is 6.90. The van der Waals surface area contributed by atoms with Crippen LogP contribution in [0.15, 0.2) is 70.9 Å². The summed E-state index contributed by atoms with van der Waals surface area (Å²) in [7, 11) is 0. The van der Waals surface area contributed by atoms with E-state index in [1.807, 2.05) is 31.2 Å². The number of nitriles is 1. The minimum atomic E-state index is -0.523. The Kier molecular flexibility index (Phi) is 9.11. The lowest BCUT2D eigenvalue weighted by molar-refractivity contribution is -0.118. The first-order chi connectivity index (χ1) is 16.5. The van der Waals surface area contributed by atoms with Crippen LogP contribution in [0.4, 0.5) is 5.69 Å². The highest BCUT2D eigenvalue weighted by Crippen LogP contribution is 2.35. The molecule has 0 atom stereocenters. The van der Waals surface area contributed by atoms with Crippen LogP contribution in [0.5, 0.6) is 11.5 Å². The lowest BCUT2D eigenvalue weighted by atomic mass is 10.1. The molecule has 2 amide bonds. The standard InChI is InChI=1S/C25H22IN3O5/c1-2-32-22-13-17(11-18(14-27)25(31)28-15-20-9-6-10-33-20)12-21(26)24(22)34-16-23(30)29-19-7-4-3-5-8-19/h3-13H,2,15-16H2,1H3,(H,28,31)(H,29,30). The fourth-order valence-electron chi connectivity index (χ4n) is 2.92. The van der Waals surface area contributed by atoms with Gasteiger partial charge in [-0.3, -0.25) is 9.59 Å². The molecule has 0 aliphatic carbocycles. The molecule has 1 aromatic heterocycles. The van der Waals surface area contributed by atoms with E-state index < -0.39 is 5.91 Å². The summed E-state index contributed by atoms with van der Waals surface area (Å²) in [4.78, 5) is 24.7. The van der Waals surface area contributed by atoms with E-state index in [9.17, 15) is 14.9 Å². The number of nitrogens with one attached hydrogen (secondary N) is 2. The van der Waals surface area contributed by atoms with Gasteiger partial charge in [-0.2, -0.15) is 5.26 Å². The van der Waals surface area contributed by atoms with Gasteiger partial charge in [-0.1, -0.05) is 18.2 Å². The fourth-order valence-corrected chi connectivity index (χ4v) is 3.70. The third-order valence-electron chi connectivity index (χ3n) is 4.42. The van der Waals surface area contributed by atoms with Crippen LogP contribution in [-0.2, 0) is 16.1 Å². The van der Waals surface area contributed by atoms with Crippen LogP contribution in [0.25, 0.3) is 6.08 Å². The van der Waals surface area contributed by atoms with Crippen LogP contribution in [0.3, 0.4) is 0 Å². The molecule has 0 saturated carbocycles.